The Morgan fingerprint density at radius 2 is 2.44 bits per heavy atom. The molecule has 4 heteroatoms. The predicted molar refractivity (Wildman–Crippen MR) is 61.3 cm³/mol. The first-order chi connectivity index (χ1) is 7.72. The first kappa shape index (κ1) is 10.8. The fourth-order valence-electron chi connectivity index (χ4n) is 1.51. The number of hydrogen-bond donors (Lipinski definition) is 1. The Hall–Kier alpha value is -1.71. The minimum atomic E-state index is -0.139. The maximum absolute atomic E-state index is 11.7. The molecule has 1 saturated carbocycles. The van der Waals surface area contributed by atoms with Gasteiger partial charge in [-0.3, -0.25) is 4.79 Å². The van der Waals surface area contributed by atoms with Gasteiger partial charge in [0, 0.05) is 18.7 Å². The second-order valence-corrected chi connectivity index (χ2v) is 4.00. The van der Waals surface area contributed by atoms with E-state index in [1.165, 1.54) is 12.8 Å². The zero-order valence-corrected chi connectivity index (χ0v) is 9.36. The number of carbonyl (C=O) groups is 1. The first-order valence-electron chi connectivity index (χ1n) is 5.45. The Labute approximate surface area is 94.8 Å². The standard InChI is InChI=1S/C12H15N3O/c1-3-6-13-12(16)10-7-14-11(9-4-5-9)15-8(10)2/h3,7,9H,1,4-6H2,2H3,(H,13,16). The van der Waals surface area contributed by atoms with E-state index in [4.69, 9.17) is 0 Å². The molecule has 0 unspecified atom stereocenters. The molecule has 1 aliphatic rings. The van der Waals surface area contributed by atoms with Crippen molar-refractivity contribution in [2.75, 3.05) is 6.54 Å². The molecule has 0 aliphatic heterocycles. The average Bonchev–Trinajstić information content (AvgIpc) is 3.09. The van der Waals surface area contributed by atoms with Crippen LogP contribution in [-0.4, -0.2) is 22.4 Å². The molecule has 1 heterocycles. The molecule has 1 amide bonds. The van der Waals surface area contributed by atoms with Crippen LogP contribution in [-0.2, 0) is 0 Å². The maximum Gasteiger partial charge on any atom is 0.254 e. The van der Waals surface area contributed by atoms with Gasteiger partial charge in [0.05, 0.1) is 11.3 Å². The van der Waals surface area contributed by atoms with Gasteiger partial charge in [0.25, 0.3) is 5.91 Å². The molecule has 2 rings (SSSR count). The summed E-state index contributed by atoms with van der Waals surface area (Å²) in [5, 5.41) is 2.72. The van der Waals surface area contributed by atoms with Gasteiger partial charge in [-0.15, -0.1) is 6.58 Å². The quantitative estimate of drug-likeness (QED) is 0.779. The van der Waals surface area contributed by atoms with Crippen LogP contribution < -0.4 is 5.32 Å². The number of aromatic nitrogens is 2. The van der Waals surface area contributed by atoms with E-state index >= 15 is 0 Å². The van der Waals surface area contributed by atoms with Crippen molar-refractivity contribution in [3.63, 3.8) is 0 Å². The van der Waals surface area contributed by atoms with Crippen LogP contribution in [0.5, 0.6) is 0 Å². The number of nitrogens with one attached hydrogen (secondary N) is 1. The lowest BCUT2D eigenvalue weighted by molar-refractivity contribution is 0.0956. The van der Waals surface area contributed by atoms with Crippen LogP contribution in [0.25, 0.3) is 0 Å². The molecule has 0 spiro atoms. The summed E-state index contributed by atoms with van der Waals surface area (Å²) in [6.07, 6.45) is 5.60. The van der Waals surface area contributed by atoms with Crippen LogP contribution in [0.3, 0.4) is 0 Å². The highest BCUT2D eigenvalue weighted by Gasteiger charge is 2.27. The van der Waals surface area contributed by atoms with Crippen LogP contribution in [0, 0.1) is 6.92 Å². The van der Waals surface area contributed by atoms with Crippen molar-refractivity contribution in [2.45, 2.75) is 25.7 Å². The molecule has 1 N–H and O–H groups in total. The SMILES string of the molecule is C=CCNC(=O)c1cnc(C2CC2)nc1C. The lowest BCUT2D eigenvalue weighted by atomic mass is 10.2. The minimum Gasteiger partial charge on any atom is -0.348 e. The van der Waals surface area contributed by atoms with E-state index in [1.54, 1.807) is 12.3 Å². The lowest BCUT2D eigenvalue weighted by Gasteiger charge is -2.06. The van der Waals surface area contributed by atoms with E-state index in [0.29, 0.717) is 18.0 Å². The normalized spacial score (nSPS) is 14.6. The maximum atomic E-state index is 11.7. The van der Waals surface area contributed by atoms with E-state index in [2.05, 4.69) is 21.9 Å². The minimum absolute atomic E-state index is 0.139. The summed E-state index contributed by atoms with van der Waals surface area (Å²) in [7, 11) is 0. The van der Waals surface area contributed by atoms with Crippen molar-refractivity contribution in [2.24, 2.45) is 0 Å². The van der Waals surface area contributed by atoms with Gasteiger partial charge >= 0.3 is 0 Å². The molecular weight excluding hydrogens is 202 g/mol. The molecule has 16 heavy (non-hydrogen) atoms. The zero-order chi connectivity index (χ0) is 11.5. The fourth-order valence-corrected chi connectivity index (χ4v) is 1.51. The molecule has 0 radical (unpaired) electrons. The van der Waals surface area contributed by atoms with Crippen LogP contribution in [0.1, 0.15) is 40.6 Å². The summed E-state index contributed by atoms with van der Waals surface area (Å²) >= 11 is 0. The Balaban J connectivity index is 2.14. The molecule has 0 atom stereocenters. The van der Waals surface area contributed by atoms with Crippen molar-refractivity contribution in [3.8, 4) is 0 Å². The van der Waals surface area contributed by atoms with Gasteiger partial charge in [-0.1, -0.05) is 6.08 Å². The van der Waals surface area contributed by atoms with Crippen LogP contribution in [0.4, 0.5) is 0 Å². The summed E-state index contributed by atoms with van der Waals surface area (Å²) in [6.45, 7) is 5.85. The Bertz CT molecular complexity index is 424. The highest BCUT2D eigenvalue weighted by Crippen LogP contribution is 2.37. The second-order valence-electron chi connectivity index (χ2n) is 4.00. The molecule has 84 valence electrons. The third-order valence-electron chi connectivity index (χ3n) is 2.59. The van der Waals surface area contributed by atoms with E-state index in [-0.39, 0.29) is 5.91 Å². The van der Waals surface area contributed by atoms with Crippen LogP contribution in [0.15, 0.2) is 18.9 Å². The molecule has 0 saturated heterocycles. The van der Waals surface area contributed by atoms with Crippen molar-refractivity contribution >= 4 is 5.91 Å². The summed E-state index contributed by atoms with van der Waals surface area (Å²) < 4.78 is 0. The number of carbonyl (C=O) groups excluding carboxylic acids is 1. The molecule has 0 aromatic carbocycles. The largest absolute Gasteiger partial charge is 0.348 e. The number of amides is 1. The van der Waals surface area contributed by atoms with Gasteiger partial charge in [-0.2, -0.15) is 0 Å². The summed E-state index contributed by atoms with van der Waals surface area (Å²) in [6, 6.07) is 0. The van der Waals surface area contributed by atoms with Crippen molar-refractivity contribution in [3.05, 3.63) is 35.9 Å². The predicted octanol–water partition coefficient (Wildman–Crippen LogP) is 1.58. The van der Waals surface area contributed by atoms with Crippen LogP contribution >= 0.6 is 0 Å². The third-order valence-corrected chi connectivity index (χ3v) is 2.59. The molecule has 1 aliphatic carbocycles. The van der Waals surface area contributed by atoms with E-state index in [9.17, 15) is 4.79 Å². The van der Waals surface area contributed by atoms with Gasteiger partial charge in [0.2, 0.25) is 0 Å². The summed E-state index contributed by atoms with van der Waals surface area (Å²) in [4.78, 5) is 20.3. The van der Waals surface area contributed by atoms with Crippen molar-refractivity contribution < 1.29 is 4.79 Å². The number of nitrogens with zero attached hydrogens (tertiary/aromatic N) is 2. The molecule has 1 fully saturated rings. The number of aryl methyl sites for hydroxylation is 1. The van der Waals surface area contributed by atoms with Crippen molar-refractivity contribution in [1.82, 2.24) is 15.3 Å². The van der Waals surface area contributed by atoms with E-state index in [0.717, 1.165) is 11.5 Å². The van der Waals surface area contributed by atoms with Gasteiger partial charge in [-0.25, -0.2) is 9.97 Å². The Morgan fingerprint density at radius 3 is 3.00 bits per heavy atom. The highest BCUT2D eigenvalue weighted by atomic mass is 16.1. The lowest BCUT2D eigenvalue weighted by Crippen LogP contribution is -2.24. The molecular formula is C12H15N3O. The molecule has 1 aromatic heterocycles. The number of hydrogen-bond acceptors (Lipinski definition) is 3. The fraction of sp³-hybridized carbons (Fsp3) is 0.417. The van der Waals surface area contributed by atoms with Gasteiger partial charge in [0.1, 0.15) is 5.82 Å². The van der Waals surface area contributed by atoms with Gasteiger partial charge < -0.3 is 5.32 Å². The van der Waals surface area contributed by atoms with E-state index in [1.807, 2.05) is 6.92 Å². The van der Waals surface area contributed by atoms with Gasteiger partial charge in [0.15, 0.2) is 0 Å². The zero-order valence-electron chi connectivity index (χ0n) is 9.36. The molecule has 4 nitrogen and oxygen atoms in total. The Kier molecular flexibility index (Phi) is 2.99. The van der Waals surface area contributed by atoms with E-state index < -0.39 is 0 Å². The first-order valence-corrected chi connectivity index (χ1v) is 5.45. The molecule has 1 aromatic rings. The second kappa shape index (κ2) is 4.43. The Morgan fingerprint density at radius 1 is 1.69 bits per heavy atom. The monoisotopic (exact) mass is 217 g/mol. The summed E-state index contributed by atoms with van der Waals surface area (Å²) in [5.41, 5.74) is 1.30. The highest BCUT2D eigenvalue weighted by molar-refractivity contribution is 5.94. The smallest absolute Gasteiger partial charge is 0.254 e. The topological polar surface area (TPSA) is 54.9 Å². The third kappa shape index (κ3) is 2.27. The average molecular weight is 217 g/mol. The van der Waals surface area contributed by atoms with Gasteiger partial charge in [-0.05, 0) is 19.8 Å². The summed E-state index contributed by atoms with van der Waals surface area (Å²) in [5.74, 6) is 1.25. The molecule has 0 bridgehead atoms. The number of rotatable bonds is 4. The van der Waals surface area contributed by atoms with Crippen molar-refractivity contribution in [1.29, 1.82) is 0 Å². The van der Waals surface area contributed by atoms with Crippen LogP contribution in [0.2, 0.25) is 0 Å².